The van der Waals surface area contributed by atoms with E-state index < -0.39 is 27.0 Å². The Hall–Kier alpha value is -0.0600. The average Bonchev–Trinajstić information content (AvgIpc) is 2.06. The van der Waals surface area contributed by atoms with Crippen LogP contribution in [0.25, 0.3) is 0 Å². The molecule has 15 heavy (non-hydrogen) atoms. The Morgan fingerprint density at radius 3 is 2.47 bits per heavy atom. The molecular formula is C6H4ClF2IN2O2S. The molecule has 1 aromatic rings. The van der Waals surface area contributed by atoms with Crippen molar-refractivity contribution in [1.82, 2.24) is 4.98 Å². The summed E-state index contributed by atoms with van der Waals surface area (Å²) in [6.07, 6.45) is -2.07. The second kappa shape index (κ2) is 4.44. The molecule has 0 amide bonds. The van der Waals surface area contributed by atoms with Gasteiger partial charge in [0.2, 0.25) is 10.0 Å². The summed E-state index contributed by atoms with van der Waals surface area (Å²) < 4.78 is 47.0. The van der Waals surface area contributed by atoms with Crippen LogP contribution in [0.1, 0.15) is 12.1 Å². The maximum absolute atomic E-state index is 12.4. The summed E-state index contributed by atoms with van der Waals surface area (Å²) in [5, 5.41) is 4.76. The van der Waals surface area contributed by atoms with Crippen molar-refractivity contribution in [3.05, 3.63) is 20.5 Å². The molecule has 0 aliphatic carbocycles. The minimum atomic E-state index is -4.27. The van der Waals surface area contributed by atoms with Crippen LogP contribution in [0.4, 0.5) is 8.78 Å². The van der Waals surface area contributed by atoms with Crippen LogP contribution >= 0.6 is 34.2 Å². The topological polar surface area (TPSA) is 73.1 Å². The van der Waals surface area contributed by atoms with Gasteiger partial charge >= 0.3 is 0 Å². The third kappa shape index (κ3) is 2.74. The lowest BCUT2D eigenvalue weighted by atomic mass is 10.3. The van der Waals surface area contributed by atoms with Gasteiger partial charge in [-0.05, 0) is 22.6 Å². The monoisotopic (exact) mass is 368 g/mol. The first-order valence-electron chi connectivity index (χ1n) is 3.40. The highest BCUT2D eigenvalue weighted by molar-refractivity contribution is 14.1. The van der Waals surface area contributed by atoms with E-state index in [4.69, 9.17) is 16.7 Å². The molecule has 84 valence electrons. The minimum Gasteiger partial charge on any atom is -0.252 e. The van der Waals surface area contributed by atoms with Crippen molar-refractivity contribution in [3.8, 4) is 0 Å². The SMILES string of the molecule is NS(=O)(=O)c1c(C(F)F)ncc(Cl)c1I. The number of halogens is 4. The van der Waals surface area contributed by atoms with Gasteiger partial charge in [-0.1, -0.05) is 11.6 Å². The van der Waals surface area contributed by atoms with Crippen molar-refractivity contribution in [2.45, 2.75) is 11.3 Å². The summed E-state index contributed by atoms with van der Waals surface area (Å²) in [5.41, 5.74) is -0.883. The Kier molecular flexibility index (Phi) is 3.85. The van der Waals surface area contributed by atoms with Crippen molar-refractivity contribution < 1.29 is 17.2 Å². The second-order valence-electron chi connectivity index (χ2n) is 2.48. The quantitative estimate of drug-likeness (QED) is 0.811. The van der Waals surface area contributed by atoms with Crippen LogP contribution in [0.3, 0.4) is 0 Å². The zero-order valence-electron chi connectivity index (χ0n) is 6.92. The zero-order chi connectivity index (χ0) is 11.8. The van der Waals surface area contributed by atoms with E-state index in [9.17, 15) is 17.2 Å². The fourth-order valence-corrected chi connectivity index (χ4v) is 3.22. The highest BCUT2D eigenvalue weighted by Crippen LogP contribution is 2.31. The molecule has 2 N–H and O–H groups in total. The molecule has 0 bridgehead atoms. The molecule has 1 rings (SSSR count). The molecule has 0 unspecified atom stereocenters. The lowest BCUT2D eigenvalue weighted by Gasteiger charge is -2.08. The Labute approximate surface area is 103 Å². The van der Waals surface area contributed by atoms with E-state index in [1.165, 1.54) is 22.6 Å². The molecule has 9 heteroatoms. The predicted octanol–water partition coefficient (Wildman–Crippen LogP) is 1.92. The number of pyridine rings is 1. The van der Waals surface area contributed by atoms with Crippen molar-refractivity contribution in [2.24, 2.45) is 5.14 Å². The molecule has 0 fully saturated rings. The summed E-state index contributed by atoms with van der Waals surface area (Å²) >= 11 is 7.09. The van der Waals surface area contributed by atoms with Gasteiger partial charge in [-0.2, -0.15) is 0 Å². The maximum atomic E-state index is 12.4. The molecule has 1 heterocycles. The van der Waals surface area contributed by atoms with E-state index in [0.717, 1.165) is 6.20 Å². The molecule has 0 aliphatic heterocycles. The molecule has 0 radical (unpaired) electrons. The van der Waals surface area contributed by atoms with Crippen LogP contribution in [0.5, 0.6) is 0 Å². The van der Waals surface area contributed by atoms with Gasteiger partial charge in [-0.15, -0.1) is 0 Å². The van der Waals surface area contributed by atoms with E-state index in [1.54, 1.807) is 0 Å². The van der Waals surface area contributed by atoms with Crippen LogP contribution in [0, 0.1) is 3.57 Å². The minimum absolute atomic E-state index is 0.0379. The zero-order valence-corrected chi connectivity index (χ0v) is 10.6. The van der Waals surface area contributed by atoms with Gasteiger partial charge in [0.1, 0.15) is 10.6 Å². The number of alkyl halides is 2. The van der Waals surface area contributed by atoms with Gasteiger partial charge in [0.25, 0.3) is 6.43 Å². The molecular weight excluding hydrogens is 364 g/mol. The lowest BCUT2D eigenvalue weighted by Crippen LogP contribution is -2.17. The fourth-order valence-electron chi connectivity index (χ4n) is 0.889. The van der Waals surface area contributed by atoms with E-state index in [2.05, 4.69) is 4.98 Å². The Morgan fingerprint density at radius 2 is 2.07 bits per heavy atom. The van der Waals surface area contributed by atoms with Crippen LogP contribution in [0.15, 0.2) is 11.1 Å². The number of nitrogens with two attached hydrogens (primary N) is 1. The Bertz CT molecular complexity index is 494. The van der Waals surface area contributed by atoms with Gasteiger partial charge < -0.3 is 0 Å². The molecule has 0 aliphatic rings. The second-order valence-corrected chi connectivity index (χ2v) is 5.46. The summed E-state index contributed by atoms with van der Waals surface area (Å²) in [6, 6.07) is 0. The molecule has 0 saturated heterocycles. The summed E-state index contributed by atoms with van der Waals surface area (Å²) in [5.74, 6) is 0. The van der Waals surface area contributed by atoms with Crippen molar-refractivity contribution in [3.63, 3.8) is 0 Å². The first kappa shape index (κ1) is 13.0. The summed E-state index contributed by atoms with van der Waals surface area (Å²) in [4.78, 5) is 2.54. The van der Waals surface area contributed by atoms with Crippen molar-refractivity contribution >= 4 is 44.2 Å². The van der Waals surface area contributed by atoms with E-state index in [0.29, 0.717) is 0 Å². The van der Waals surface area contributed by atoms with Crippen LogP contribution in [0.2, 0.25) is 5.02 Å². The normalized spacial score (nSPS) is 12.1. The van der Waals surface area contributed by atoms with Crippen LogP contribution < -0.4 is 5.14 Å². The van der Waals surface area contributed by atoms with Gasteiger partial charge in [-0.25, -0.2) is 22.3 Å². The third-order valence-electron chi connectivity index (χ3n) is 1.45. The number of hydrogen-bond donors (Lipinski definition) is 1. The van der Waals surface area contributed by atoms with Crippen molar-refractivity contribution in [2.75, 3.05) is 0 Å². The Morgan fingerprint density at radius 1 is 1.53 bits per heavy atom. The van der Waals surface area contributed by atoms with Gasteiger partial charge in [0.15, 0.2) is 0 Å². The molecule has 0 spiro atoms. The average molecular weight is 369 g/mol. The van der Waals surface area contributed by atoms with Crippen molar-refractivity contribution in [1.29, 1.82) is 0 Å². The number of aromatic nitrogens is 1. The first-order chi connectivity index (χ1) is 6.75. The number of rotatable bonds is 2. The molecule has 0 atom stereocenters. The van der Waals surface area contributed by atoms with Gasteiger partial charge in [0.05, 0.1) is 8.59 Å². The third-order valence-corrected chi connectivity index (χ3v) is 4.52. The summed E-state index contributed by atoms with van der Waals surface area (Å²) in [6.45, 7) is 0. The van der Waals surface area contributed by atoms with E-state index >= 15 is 0 Å². The van der Waals surface area contributed by atoms with E-state index in [1.807, 2.05) is 0 Å². The maximum Gasteiger partial charge on any atom is 0.281 e. The molecule has 4 nitrogen and oxygen atoms in total. The standard InChI is InChI=1S/C6H4ClF2IN2O2S/c7-2-1-12-4(6(8)9)5(3(2)10)15(11,13)14/h1,6H,(H2,11,13,14). The smallest absolute Gasteiger partial charge is 0.252 e. The van der Waals surface area contributed by atoms with Crippen LogP contribution in [-0.2, 0) is 10.0 Å². The fraction of sp³-hybridized carbons (Fsp3) is 0.167. The predicted molar refractivity (Wildman–Crippen MR) is 58.3 cm³/mol. The number of sulfonamides is 1. The molecule has 0 saturated carbocycles. The molecule has 0 aromatic carbocycles. The van der Waals surface area contributed by atoms with Gasteiger partial charge in [0, 0.05) is 6.20 Å². The number of nitrogens with zero attached hydrogens (tertiary/aromatic N) is 1. The molecule has 1 aromatic heterocycles. The van der Waals surface area contributed by atoms with Gasteiger partial charge in [-0.3, -0.25) is 4.98 Å². The highest BCUT2D eigenvalue weighted by atomic mass is 127. The number of primary sulfonamides is 1. The van der Waals surface area contributed by atoms with E-state index in [-0.39, 0.29) is 8.59 Å². The van der Waals surface area contributed by atoms with Crippen LogP contribution in [-0.4, -0.2) is 13.4 Å². The number of hydrogen-bond acceptors (Lipinski definition) is 3. The Balaban J connectivity index is 3.65. The first-order valence-corrected chi connectivity index (χ1v) is 6.40. The summed E-state index contributed by atoms with van der Waals surface area (Å²) in [7, 11) is -4.27. The lowest BCUT2D eigenvalue weighted by molar-refractivity contribution is 0.142. The largest absolute Gasteiger partial charge is 0.281 e. The highest BCUT2D eigenvalue weighted by Gasteiger charge is 2.26.